The molecule has 2 aromatic carbocycles. The van der Waals surface area contributed by atoms with E-state index in [1.165, 1.54) is 10.4 Å². The van der Waals surface area contributed by atoms with Crippen molar-refractivity contribution in [1.29, 1.82) is 0 Å². The predicted octanol–water partition coefficient (Wildman–Crippen LogP) is 4.91. The smallest absolute Gasteiger partial charge is 0.308 e. The fourth-order valence-electron chi connectivity index (χ4n) is 4.09. The highest BCUT2D eigenvalue weighted by Crippen LogP contribution is 2.32. The van der Waals surface area contributed by atoms with E-state index in [0.29, 0.717) is 18.2 Å². The van der Waals surface area contributed by atoms with Gasteiger partial charge >= 0.3 is 5.97 Å². The predicted molar refractivity (Wildman–Crippen MR) is 124 cm³/mol. The Morgan fingerprint density at radius 2 is 1.78 bits per heavy atom. The number of rotatable bonds is 9. The van der Waals surface area contributed by atoms with Crippen molar-refractivity contribution in [2.24, 2.45) is 11.8 Å². The zero-order valence-corrected chi connectivity index (χ0v) is 20.1. The van der Waals surface area contributed by atoms with Gasteiger partial charge in [0.2, 0.25) is 10.0 Å². The maximum absolute atomic E-state index is 13.5. The molecule has 0 N–H and O–H groups in total. The van der Waals surface area contributed by atoms with E-state index in [-0.39, 0.29) is 29.2 Å². The van der Waals surface area contributed by atoms with Crippen molar-refractivity contribution in [3.05, 3.63) is 59.1 Å². The first-order chi connectivity index (χ1) is 15.3. The molecule has 0 aromatic heterocycles. The molecule has 1 aliphatic carbocycles. The van der Waals surface area contributed by atoms with Gasteiger partial charge in [0, 0.05) is 18.1 Å². The molecule has 174 valence electrons. The molecule has 2 aromatic rings. The second-order valence-electron chi connectivity index (χ2n) is 8.07. The topological polar surface area (TPSA) is 72.9 Å². The number of ether oxygens (including phenoxy) is 2. The zero-order chi connectivity index (χ0) is 23.1. The molecular formula is C24H30ClNO5S. The lowest BCUT2D eigenvalue weighted by Crippen LogP contribution is -2.37. The summed E-state index contributed by atoms with van der Waals surface area (Å²) in [6.07, 6.45) is 3.01. The molecule has 0 saturated heterocycles. The Bertz CT molecular complexity index is 1000. The second kappa shape index (κ2) is 11.2. The number of carbonyl (C=O) groups excluding carboxylic acids is 1. The van der Waals surface area contributed by atoms with Crippen LogP contribution in [0.5, 0.6) is 5.75 Å². The van der Waals surface area contributed by atoms with Gasteiger partial charge < -0.3 is 9.47 Å². The van der Waals surface area contributed by atoms with Crippen LogP contribution in [-0.4, -0.2) is 39.0 Å². The molecule has 0 radical (unpaired) electrons. The maximum Gasteiger partial charge on any atom is 0.308 e. The van der Waals surface area contributed by atoms with Crippen LogP contribution in [0.3, 0.4) is 0 Å². The highest BCUT2D eigenvalue weighted by atomic mass is 35.5. The van der Waals surface area contributed by atoms with Crippen molar-refractivity contribution in [2.75, 3.05) is 20.3 Å². The lowest BCUT2D eigenvalue weighted by atomic mass is 9.82. The van der Waals surface area contributed by atoms with Crippen LogP contribution in [0.1, 0.15) is 38.2 Å². The van der Waals surface area contributed by atoms with E-state index in [1.54, 1.807) is 32.2 Å². The minimum Gasteiger partial charge on any atom is -0.497 e. The fraction of sp³-hybridized carbons (Fsp3) is 0.458. The minimum atomic E-state index is -3.75. The van der Waals surface area contributed by atoms with Crippen LogP contribution in [0.15, 0.2) is 53.4 Å². The molecule has 0 unspecified atom stereocenters. The Hall–Kier alpha value is -2.09. The molecule has 3 rings (SSSR count). The number of benzene rings is 2. The van der Waals surface area contributed by atoms with Crippen LogP contribution in [-0.2, 0) is 26.1 Å². The number of halogens is 1. The number of methoxy groups -OCH3 is 1. The summed E-state index contributed by atoms with van der Waals surface area (Å²) < 4.78 is 38.9. The Kier molecular flexibility index (Phi) is 8.57. The van der Waals surface area contributed by atoms with Crippen molar-refractivity contribution in [3.8, 4) is 5.75 Å². The summed E-state index contributed by atoms with van der Waals surface area (Å²) in [6.45, 7) is 2.82. The number of sulfonamides is 1. The number of carbonyl (C=O) groups is 1. The Morgan fingerprint density at radius 1 is 1.09 bits per heavy atom. The van der Waals surface area contributed by atoms with Gasteiger partial charge in [-0.05, 0) is 74.4 Å². The van der Waals surface area contributed by atoms with E-state index in [0.717, 1.165) is 37.0 Å². The summed E-state index contributed by atoms with van der Waals surface area (Å²) in [4.78, 5) is 12.2. The van der Waals surface area contributed by atoms with Crippen molar-refractivity contribution < 1.29 is 22.7 Å². The molecule has 0 amide bonds. The van der Waals surface area contributed by atoms with Crippen LogP contribution in [0, 0.1) is 11.8 Å². The summed E-state index contributed by atoms with van der Waals surface area (Å²) in [5, 5.41) is 0.380. The number of hydrogen-bond acceptors (Lipinski definition) is 5. The Balaban J connectivity index is 1.78. The molecule has 6 nitrogen and oxygen atoms in total. The van der Waals surface area contributed by atoms with Crippen LogP contribution in [0.4, 0.5) is 0 Å². The van der Waals surface area contributed by atoms with E-state index in [2.05, 4.69) is 0 Å². The zero-order valence-electron chi connectivity index (χ0n) is 18.5. The van der Waals surface area contributed by atoms with Crippen molar-refractivity contribution in [2.45, 2.75) is 44.0 Å². The first-order valence-corrected chi connectivity index (χ1v) is 12.7. The third kappa shape index (κ3) is 6.24. The summed E-state index contributed by atoms with van der Waals surface area (Å²) in [5.74, 6) is 0.654. The molecule has 1 saturated carbocycles. The highest BCUT2D eigenvalue weighted by molar-refractivity contribution is 7.89. The van der Waals surface area contributed by atoms with Gasteiger partial charge in [0.25, 0.3) is 0 Å². The molecule has 32 heavy (non-hydrogen) atoms. The number of hydrogen-bond donors (Lipinski definition) is 0. The van der Waals surface area contributed by atoms with E-state index in [9.17, 15) is 13.2 Å². The molecule has 1 aliphatic rings. The van der Waals surface area contributed by atoms with Crippen LogP contribution in [0.2, 0.25) is 5.02 Å². The van der Waals surface area contributed by atoms with Gasteiger partial charge in [-0.3, -0.25) is 4.79 Å². The summed E-state index contributed by atoms with van der Waals surface area (Å²) in [6, 6.07) is 13.7. The van der Waals surface area contributed by atoms with E-state index < -0.39 is 10.0 Å². The van der Waals surface area contributed by atoms with Crippen LogP contribution < -0.4 is 4.74 Å². The van der Waals surface area contributed by atoms with Crippen LogP contribution in [0.25, 0.3) is 0 Å². The molecule has 0 spiro atoms. The standard InChI is InChI=1S/C24H30ClNO5S/c1-3-31-24(27)20-11-7-18(8-12-20)16-26(17-19-9-13-22(30-2)14-10-19)32(28,29)23-6-4-5-21(25)15-23/h4-6,9-10,13-15,18,20H,3,7-8,11-12,16-17H2,1-2H3. The Morgan fingerprint density at radius 3 is 2.38 bits per heavy atom. The quantitative estimate of drug-likeness (QED) is 0.478. The van der Waals surface area contributed by atoms with E-state index in [1.807, 2.05) is 24.3 Å². The van der Waals surface area contributed by atoms with Gasteiger partial charge in [0.15, 0.2) is 0 Å². The number of nitrogens with zero attached hydrogens (tertiary/aromatic N) is 1. The molecule has 8 heteroatoms. The maximum atomic E-state index is 13.5. The fourth-order valence-corrected chi connectivity index (χ4v) is 5.89. The molecule has 0 heterocycles. The first-order valence-electron chi connectivity index (χ1n) is 10.9. The third-order valence-electron chi connectivity index (χ3n) is 5.88. The first kappa shape index (κ1) is 24.6. The minimum absolute atomic E-state index is 0.0919. The largest absolute Gasteiger partial charge is 0.497 e. The lowest BCUT2D eigenvalue weighted by Gasteiger charge is -2.31. The normalized spacial score (nSPS) is 19.0. The van der Waals surface area contributed by atoms with Crippen molar-refractivity contribution in [1.82, 2.24) is 4.31 Å². The summed E-state index contributed by atoms with van der Waals surface area (Å²) in [7, 11) is -2.15. The average molecular weight is 480 g/mol. The van der Waals surface area contributed by atoms with Gasteiger partial charge in [-0.2, -0.15) is 4.31 Å². The monoisotopic (exact) mass is 479 g/mol. The number of esters is 1. The summed E-state index contributed by atoms with van der Waals surface area (Å²) >= 11 is 6.07. The van der Waals surface area contributed by atoms with E-state index >= 15 is 0 Å². The van der Waals surface area contributed by atoms with Crippen molar-refractivity contribution >= 4 is 27.6 Å². The van der Waals surface area contributed by atoms with Gasteiger partial charge in [0.1, 0.15) is 5.75 Å². The molecule has 0 bridgehead atoms. The molecule has 1 fully saturated rings. The summed E-state index contributed by atoms with van der Waals surface area (Å²) in [5.41, 5.74) is 0.872. The van der Waals surface area contributed by atoms with Gasteiger partial charge in [-0.1, -0.05) is 29.8 Å². The van der Waals surface area contributed by atoms with Gasteiger partial charge in [-0.15, -0.1) is 0 Å². The molecule has 0 atom stereocenters. The third-order valence-corrected chi connectivity index (χ3v) is 7.92. The lowest BCUT2D eigenvalue weighted by molar-refractivity contribution is -0.149. The van der Waals surface area contributed by atoms with Crippen molar-refractivity contribution in [3.63, 3.8) is 0 Å². The Labute approximate surface area is 195 Å². The molecule has 0 aliphatic heterocycles. The highest BCUT2D eigenvalue weighted by Gasteiger charge is 2.32. The average Bonchev–Trinajstić information content (AvgIpc) is 2.79. The van der Waals surface area contributed by atoms with Gasteiger partial charge in [0.05, 0.1) is 24.5 Å². The van der Waals surface area contributed by atoms with Crippen LogP contribution >= 0.6 is 11.6 Å². The molecular weight excluding hydrogens is 450 g/mol. The second-order valence-corrected chi connectivity index (χ2v) is 10.4. The van der Waals surface area contributed by atoms with Gasteiger partial charge in [-0.25, -0.2) is 8.42 Å². The van der Waals surface area contributed by atoms with E-state index in [4.69, 9.17) is 21.1 Å². The SMILES string of the molecule is CCOC(=O)C1CCC(CN(Cc2ccc(OC)cc2)S(=O)(=O)c2cccc(Cl)c2)CC1.